The van der Waals surface area contributed by atoms with Crippen molar-refractivity contribution in [2.24, 2.45) is 4.99 Å². The number of halogens is 2. The smallest absolute Gasteiger partial charge is 0.191 e. The van der Waals surface area contributed by atoms with E-state index in [1.54, 1.807) is 7.05 Å². The fraction of sp³-hybridized carbons (Fsp3) is 0.381. The lowest BCUT2D eigenvalue weighted by atomic mass is 9.96. The second-order valence-corrected chi connectivity index (χ2v) is 9.32. The van der Waals surface area contributed by atoms with Crippen LogP contribution in [0.25, 0.3) is 0 Å². The number of benzene rings is 2. The molecule has 1 saturated carbocycles. The summed E-state index contributed by atoms with van der Waals surface area (Å²) in [5.74, 6) is 1.97. The molecule has 1 aliphatic carbocycles. The zero-order valence-electron chi connectivity index (χ0n) is 16.0. The summed E-state index contributed by atoms with van der Waals surface area (Å²) in [5.41, 5.74) is 2.66. The van der Waals surface area contributed by atoms with Gasteiger partial charge in [-0.2, -0.15) is 0 Å². The SMILES string of the molecule is CN=C(NCCS(=O)Cc1ccccc1)NCC1(c2ccccc2Br)CC1.I. The van der Waals surface area contributed by atoms with E-state index in [1.165, 1.54) is 22.9 Å². The summed E-state index contributed by atoms with van der Waals surface area (Å²) in [7, 11) is 0.890. The van der Waals surface area contributed by atoms with Crippen LogP contribution >= 0.6 is 39.9 Å². The zero-order valence-corrected chi connectivity index (χ0v) is 20.7. The molecule has 0 heterocycles. The van der Waals surface area contributed by atoms with E-state index in [4.69, 9.17) is 0 Å². The summed E-state index contributed by atoms with van der Waals surface area (Å²) in [5, 5.41) is 6.73. The molecule has 4 nitrogen and oxygen atoms in total. The molecule has 0 saturated heterocycles. The predicted octanol–water partition coefficient (Wildman–Crippen LogP) is 4.21. The quantitative estimate of drug-likeness (QED) is 0.282. The molecule has 1 unspecified atom stereocenters. The number of nitrogens with one attached hydrogen (secondary N) is 2. The van der Waals surface area contributed by atoms with Crippen LogP contribution in [-0.4, -0.2) is 36.1 Å². The molecule has 0 spiro atoms. The van der Waals surface area contributed by atoms with Gasteiger partial charge in [0.05, 0.1) is 0 Å². The molecule has 1 fully saturated rings. The molecule has 3 rings (SSSR count). The highest BCUT2D eigenvalue weighted by Gasteiger charge is 2.45. The molecule has 0 bridgehead atoms. The van der Waals surface area contributed by atoms with Gasteiger partial charge >= 0.3 is 0 Å². The third-order valence-electron chi connectivity index (χ3n) is 4.91. The van der Waals surface area contributed by atoms with E-state index in [1.807, 2.05) is 36.4 Å². The zero-order chi connectivity index (χ0) is 19.1. The number of rotatable bonds is 8. The molecular weight excluding hydrogens is 549 g/mol. The Kier molecular flexibility index (Phi) is 9.43. The Bertz CT molecular complexity index is 812. The van der Waals surface area contributed by atoms with Crippen molar-refractivity contribution in [3.05, 3.63) is 70.2 Å². The molecule has 7 heteroatoms. The minimum absolute atomic E-state index is 0. The number of hydrogen-bond acceptors (Lipinski definition) is 2. The monoisotopic (exact) mass is 575 g/mol. The summed E-state index contributed by atoms with van der Waals surface area (Å²) in [4.78, 5) is 4.30. The van der Waals surface area contributed by atoms with Crippen LogP contribution in [0, 0.1) is 0 Å². The van der Waals surface area contributed by atoms with Crippen LogP contribution in [-0.2, 0) is 22.0 Å². The summed E-state index contributed by atoms with van der Waals surface area (Å²) in [6.07, 6.45) is 2.36. The van der Waals surface area contributed by atoms with Crippen LogP contribution in [0.3, 0.4) is 0 Å². The van der Waals surface area contributed by atoms with Gasteiger partial charge in [0, 0.05) is 52.3 Å². The molecule has 2 N–H and O–H groups in total. The fourth-order valence-corrected chi connectivity index (χ4v) is 4.92. The van der Waals surface area contributed by atoms with Crippen LogP contribution in [0.1, 0.15) is 24.0 Å². The number of nitrogens with zero attached hydrogens (tertiary/aromatic N) is 1. The van der Waals surface area contributed by atoms with Crippen LogP contribution in [0.2, 0.25) is 0 Å². The fourth-order valence-electron chi connectivity index (χ4n) is 3.17. The molecule has 0 radical (unpaired) electrons. The van der Waals surface area contributed by atoms with Crippen molar-refractivity contribution in [3.63, 3.8) is 0 Å². The highest BCUT2D eigenvalue weighted by molar-refractivity contribution is 14.0. The lowest BCUT2D eigenvalue weighted by molar-refractivity contribution is 0.644. The lowest BCUT2D eigenvalue weighted by Gasteiger charge is -2.20. The maximum Gasteiger partial charge on any atom is 0.191 e. The van der Waals surface area contributed by atoms with E-state index in [9.17, 15) is 4.21 Å². The van der Waals surface area contributed by atoms with E-state index in [-0.39, 0.29) is 29.4 Å². The van der Waals surface area contributed by atoms with Crippen LogP contribution in [0.4, 0.5) is 0 Å². The second-order valence-electron chi connectivity index (χ2n) is 6.89. The standard InChI is InChI=1S/C21H26BrN3OS.HI/c1-23-20(24-13-14-27(26)15-17-7-3-2-4-8-17)25-16-21(11-12-21)18-9-5-6-10-19(18)22;/h2-10H,11-16H2,1H3,(H2,23,24,25);1H. The molecule has 28 heavy (non-hydrogen) atoms. The minimum atomic E-state index is -0.882. The number of guanidine groups is 1. The minimum Gasteiger partial charge on any atom is -0.356 e. The Balaban J connectivity index is 0.00000280. The normalized spacial score (nSPS) is 16.0. The van der Waals surface area contributed by atoms with Crippen LogP contribution in [0.5, 0.6) is 0 Å². The summed E-state index contributed by atoms with van der Waals surface area (Å²) in [6.45, 7) is 1.49. The summed E-state index contributed by atoms with van der Waals surface area (Å²) in [6, 6.07) is 18.4. The van der Waals surface area contributed by atoms with Gasteiger partial charge in [-0.1, -0.05) is 64.5 Å². The molecule has 152 valence electrons. The molecular formula is C21H27BrIN3OS. The van der Waals surface area contributed by atoms with Gasteiger partial charge in [-0.05, 0) is 30.0 Å². The molecule has 1 aliphatic rings. The van der Waals surface area contributed by atoms with Gasteiger partial charge in [0.1, 0.15) is 0 Å². The first-order valence-electron chi connectivity index (χ1n) is 9.21. The highest BCUT2D eigenvalue weighted by Crippen LogP contribution is 2.49. The number of aliphatic imine (C=N–C) groups is 1. The van der Waals surface area contributed by atoms with E-state index >= 15 is 0 Å². The molecule has 0 amide bonds. The maximum absolute atomic E-state index is 12.2. The predicted molar refractivity (Wildman–Crippen MR) is 133 cm³/mol. The van der Waals surface area contributed by atoms with E-state index in [0.29, 0.717) is 18.1 Å². The van der Waals surface area contributed by atoms with Gasteiger partial charge in [0.2, 0.25) is 0 Å². The van der Waals surface area contributed by atoms with Crippen molar-refractivity contribution in [1.29, 1.82) is 0 Å². The third-order valence-corrected chi connectivity index (χ3v) is 6.92. The van der Waals surface area contributed by atoms with Crippen molar-refractivity contribution in [2.75, 3.05) is 25.9 Å². The first-order chi connectivity index (χ1) is 13.1. The Morgan fingerprint density at radius 3 is 2.43 bits per heavy atom. The van der Waals surface area contributed by atoms with Gasteiger partial charge in [-0.25, -0.2) is 0 Å². The number of hydrogen-bond donors (Lipinski definition) is 2. The average Bonchev–Trinajstić information content (AvgIpc) is 3.46. The maximum atomic E-state index is 12.2. The third kappa shape index (κ3) is 6.56. The molecule has 0 aromatic heterocycles. The molecule has 2 aromatic carbocycles. The van der Waals surface area contributed by atoms with Gasteiger partial charge < -0.3 is 10.6 Å². The first kappa shape index (κ1) is 23.3. The van der Waals surface area contributed by atoms with Gasteiger partial charge in [-0.3, -0.25) is 9.20 Å². The Morgan fingerprint density at radius 1 is 1.11 bits per heavy atom. The van der Waals surface area contributed by atoms with E-state index in [2.05, 4.69) is 49.8 Å². The average molecular weight is 576 g/mol. The van der Waals surface area contributed by atoms with Gasteiger partial charge in [0.15, 0.2) is 5.96 Å². The van der Waals surface area contributed by atoms with Crippen LogP contribution in [0.15, 0.2) is 64.1 Å². The van der Waals surface area contributed by atoms with Crippen molar-refractivity contribution >= 4 is 56.7 Å². The van der Waals surface area contributed by atoms with Crippen molar-refractivity contribution in [1.82, 2.24) is 10.6 Å². The van der Waals surface area contributed by atoms with E-state index in [0.717, 1.165) is 18.1 Å². The van der Waals surface area contributed by atoms with E-state index < -0.39 is 10.8 Å². The van der Waals surface area contributed by atoms with Gasteiger partial charge in [-0.15, -0.1) is 24.0 Å². The van der Waals surface area contributed by atoms with Crippen LogP contribution < -0.4 is 10.6 Å². The first-order valence-corrected chi connectivity index (χ1v) is 11.5. The second kappa shape index (κ2) is 11.3. The van der Waals surface area contributed by atoms with Gasteiger partial charge in [0.25, 0.3) is 0 Å². The largest absolute Gasteiger partial charge is 0.356 e. The highest BCUT2D eigenvalue weighted by atomic mass is 127. The van der Waals surface area contributed by atoms with Crippen molar-refractivity contribution < 1.29 is 4.21 Å². The van der Waals surface area contributed by atoms with Crippen molar-refractivity contribution in [3.8, 4) is 0 Å². The summed E-state index contributed by atoms with van der Waals surface area (Å²) >= 11 is 3.67. The topological polar surface area (TPSA) is 53.5 Å². The Labute approximate surface area is 195 Å². The molecule has 0 aliphatic heterocycles. The lowest BCUT2D eigenvalue weighted by Crippen LogP contribution is -2.42. The Hall–Kier alpha value is -0.930. The summed E-state index contributed by atoms with van der Waals surface area (Å²) < 4.78 is 13.4. The Morgan fingerprint density at radius 2 is 1.79 bits per heavy atom. The van der Waals surface area contributed by atoms with Crippen molar-refractivity contribution in [2.45, 2.75) is 24.0 Å². The molecule has 1 atom stereocenters. The molecule has 2 aromatic rings.